The third-order valence-electron chi connectivity index (χ3n) is 14.6. The number of fused-ring (bicyclic) bond motifs is 7. The molecule has 0 N–H and O–H groups in total. The van der Waals surface area contributed by atoms with E-state index in [-0.39, 0.29) is 5.41 Å². The van der Waals surface area contributed by atoms with Crippen molar-refractivity contribution in [1.82, 2.24) is 4.57 Å². The van der Waals surface area contributed by atoms with Crippen LogP contribution in [0.4, 0.5) is 17.1 Å². The van der Waals surface area contributed by atoms with Gasteiger partial charge >= 0.3 is 0 Å². The Morgan fingerprint density at radius 1 is 0.333 bits per heavy atom. The second-order valence-electron chi connectivity index (χ2n) is 18.9. The van der Waals surface area contributed by atoms with Crippen LogP contribution in [-0.4, -0.2) is 4.57 Å². The van der Waals surface area contributed by atoms with E-state index in [1.165, 1.54) is 82.6 Å². The minimum Gasteiger partial charge on any atom is -0.310 e. The smallest absolute Gasteiger partial charge is 0.0547 e. The van der Waals surface area contributed by atoms with Crippen LogP contribution < -0.4 is 4.90 Å². The summed E-state index contributed by atoms with van der Waals surface area (Å²) in [5.41, 5.74) is 21.7. The SMILES string of the molecule is CC1(C)c2ccccc2-c2ccc(-c3ccc(N(c4cccc(-c5ccc6c7ccccc7n(-c7ccccc7)c6c5)c4)c4ccccc4-c4cccc5cccc(-c6ccccc6)c45)cc3)cc21. The van der Waals surface area contributed by atoms with Gasteiger partial charge in [-0.3, -0.25) is 0 Å². The lowest BCUT2D eigenvalue weighted by Gasteiger charge is -2.29. The fourth-order valence-corrected chi connectivity index (χ4v) is 11.3. The van der Waals surface area contributed by atoms with Crippen molar-refractivity contribution in [2.75, 3.05) is 4.90 Å². The molecule has 0 spiro atoms. The molecule has 0 saturated heterocycles. The lowest BCUT2D eigenvalue weighted by atomic mass is 9.81. The molecule has 326 valence electrons. The first-order chi connectivity index (χ1) is 34.0. The standard InChI is InChI=1S/C67H48N2/c1-67(2)61-31-12-9-26-55(61)56-40-36-49(43-62(56)67)45-34-38-52(39-35-45)68(63-32-13-11-28-58(63)60-30-17-21-47-20-16-29-54(66(47)60)46-18-5-3-6-19-46)53-25-15-22-48(42-53)50-37-41-59-57-27-10-14-33-64(57)69(65(59)44-50)51-23-7-4-8-24-51/h3-44H,1-2H3. The quantitative estimate of drug-likeness (QED) is 0.148. The van der Waals surface area contributed by atoms with Crippen molar-refractivity contribution >= 4 is 49.6 Å². The summed E-state index contributed by atoms with van der Waals surface area (Å²) in [6.45, 7) is 4.71. The molecule has 1 aliphatic rings. The maximum absolute atomic E-state index is 2.45. The van der Waals surface area contributed by atoms with Crippen LogP contribution in [0.25, 0.3) is 93.9 Å². The van der Waals surface area contributed by atoms with Gasteiger partial charge < -0.3 is 9.47 Å². The van der Waals surface area contributed by atoms with Gasteiger partial charge in [0.15, 0.2) is 0 Å². The zero-order valence-electron chi connectivity index (χ0n) is 38.6. The molecular weight excluding hydrogens is 833 g/mol. The van der Waals surface area contributed by atoms with Gasteiger partial charge in [-0.1, -0.05) is 208 Å². The van der Waals surface area contributed by atoms with E-state index in [9.17, 15) is 0 Å². The van der Waals surface area contributed by atoms with Crippen LogP contribution in [0.15, 0.2) is 255 Å². The number of hydrogen-bond donors (Lipinski definition) is 0. The Balaban J connectivity index is 0.978. The van der Waals surface area contributed by atoms with Crippen molar-refractivity contribution in [2.45, 2.75) is 19.3 Å². The Labute approximate surface area is 403 Å². The average molecular weight is 881 g/mol. The second kappa shape index (κ2) is 16.3. The number of para-hydroxylation sites is 3. The molecule has 0 unspecified atom stereocenters. The van der Waals surface area contributed by atoms with Gasteiger partial charge in [-0.05, 0) is 133 Å². The van der Waals surface area contributed by atoms with Crippen molar-refractivity contribution in [3.05, 3.63) is 266 Å². The highest BCUT2D eigenvalue weighted by molar-refractivity contribution is 6.11. The molecule has 0 saturated carbocycles. The molecule has 11 aromatic carbocycles. The first-order valence-electron chi connectivity index (χ1n) is 24.0. The number of aromatic nitrogens is 1. The molecule has 1 heterocycles. The van der Waals surface area contributed by atoms with Crippen LogP contribution >= 0.6 is 0 Å². The molecule has 0 bridgehead atoms. The summed E-state index contributed by atoms with van der Waals surface area (Å²) >= 11 is 0. The molecule has 2 heteroatoms. The summed E-state index contributed by atoms with van der Waals surface area (Å²) in [4.78, 5) is 2.45. The highest BCUT2D eigenvalue weighted by Gasteiger charge is 2.35. The van der Waals surface area contributed by atoms with E-state index in [0.29, 0.717) is 0 Å². The van der Waals surface area contributed by atoms with E-state index in [1.54, 1.807) is 0 Å². The predicted molar refractivity (Wildman–Crippen MR) is 292 cm³/mol. The van der Waals surface area contributed by atoms with E-state index in [0.717, 1.165) is 39.4 Å². The second-order valence-corrected chi connectivity index (χ2v) is 18.9. The number of hydrogen-bond acceptors (Lipinski definition) is 1. The van der Waals surface area contributed by atoms with E-state index in [2.05, 4.69) is 278 Å². The number of benzene rings is 11. The Morgan fingerprint density at radius 2 is 0.913 bits per heavy atom. The topological polar surface area (TPSA) is 8.17 Å². The van der Waals surface area contributed by atoms with Gasteiger partial charge in [-0.25, -0.2) is 0 Å². The number of anilines is 3. The molecule has 2 nitrogen and oxygen atoms in total. The van der Waals surface area contributed by atoms with Crippen molar-refractivity contribution in [3.63, 3.8) is 0 Å². The summed E-state index contributed by atoms with van der Waals surface area (Å²) in [5.74, 6) is 0. The van der Waals surface area contributed by atoms with Crippen molar-refractivity contribution in [2.24, 2.45) is 0 Å². The molecule has 0 atom stereocenters. The molecule has 0 fully saturated rings. The number of nitrogens with zero attached hydrogens (tertiary/aromatic N) is 2. The highest BCUT2D eigenvalue weighted by atomic mass is 15.1. The molecule has 12 aromatic rings. The normalized spacial score (nSPS) is 12.6. The first kappa shape index (κ1) is 40.5. The summed E-state index contributed by atoms with van der Waals surface area (Å²) in [5, 5.41) is 4.95. The zero-order chi connectivity index (χ0) is 46.1. The van der Waals surface area contributed by atoms with Gasteiger partial charge in [0.1, 0.15) is 0 Å². The monoisotopic (exact) mass is 880 g/mol. The van der Waals surface area contributed by atoms with E-state index >= 15 is 0 Å². The Hall–Kier alpha value is -8.72. The average Bonchev–Trinajstić information content (AvgIpc) is 3.86. The maximum atomic E-state index is 2.45. The molecule has 1 aromatic heterocycles. The molecule has 69 heavy (non-hydrogen) atoms. The predicted octanol–water partition coefficient (Wildman–Crippen LogP) is 18.4. The summed E-state index contributed by atoms with van der Waals surface area (Å²) in [7, 11) is 0. The lowest BCUT2D eigenvalue weighted by molar-refractivity contribution is 0.660. The van der Waals surface area contributed by atoms with Crippen LogP contribution in [0, 0.1) is 0 Å². The molecule has 0 amide bonds. The lowest BCUT2D eigenvalue weighted by Crippen LogP contribution is -2.14. The molecule has 0 radical (unpaired) electrons. The van der Waals surface area contributed by atoms with Crippen LogP contribution in [0.5, 0.6) is 0 Å². The van der Waals surface area contributed by atoms with Gasteiger partial charge in [0.25, 0.3) is 0 Å². The van der Waals surface area contributed by atoms with Gasteiger partial charge in [0.2, 0.25) is 0 Å². The molecule has 13 rings (SSSR count). The molecule has 1 aliphatic carbocycles. The first-order valence-corrected chi connectivity index (χ1v) is 24.0. The van der Waals surface area contributed by atoms with Gasteiger partial charge in [-0.2, -0.15) is 0 Å². The zero-order valence-corrected chi connectivity index (χ0v) is 38.6. The van der Waals surface area contributed by atoms with Crippen LogP contribution in [-0.2, 0) is 5.41 Å². The van der Waals surface area contributed by atoms with Crippen molar-refractivity contribution in [1.29, 1.82) is 0 Å². The Morgan fingerprint density at radius 3 is 1.74 bits per heavy atom. The largest absolute Gasteiger partial charge is 0.310 e. The van der Waals surface area contributed by atoms with Crippen molar-refractivity contribution < 1.29 is 0 Å². The van der Waals surface area contributed by atoms with Gasteiger partial charge in [-0.15, -0.1) is 0 Å². The summed E-state index contributed by atoms with van der Waals surface area (Å²) in [6, 6.07) is 93.7. The van der Waals surface area contributed by atoms with E-state index < -0.39 is 0 Å². The fourth-order valence-electron chi connectivity index (χ4n) is 11.3. The maximum Gasteiger partial charge on any atom is 0.0547 e. The third kappa shape index (κ3) is 6.71. The Bertz CT molecular complexity index is 3910. The fraction of sp³-hybridized carbons (Fsp3) is 0.0448. The minimum absolute atomic E-state index is 0.0714. The van der Waals surface area contributed by atoms with Gasteiger partial charge in [0, 0.05) is 38.8 Å². The van der Waals surface area contributed by atoms with E-state index in [1.807, 2.05) is 0 Å². The molecular formula is C67H48N2. The summed E-state index contributed by atoms with van der Waals surface area (Å²) < 4.78 is 2.40. The Kier molecular flexibility index (Phi) is 9.55. The van der Waals surface area contributed by atoms with Crippen molar-refractivity contribution in [3.8, 4) is 61.3 Å². The minimum atomic E-state index is -0.0714. The van der Waals surface area contributed by atoms with Gasteiger partial charge in [0.05, 0.1) is 16.7 Å². The van der Waals surface area contributed by atoms with Crippen LogP contribution in [0.1, 0.15) is 25.0 Å². The van der Waals surface area contributed by atoms with Crippen LogP contribution in [0.2, 0.25) is 0 Å². The molecule has 0 aliphatic heterocycles. The highest BCUT2D eigenvalue weighted by Crippen LogP contribution is 2.50. The number of rotatable bonds is 8. The summed E-state index contributed by atoms with van der Waals surface area (Å²) in [6.07, 6.45) is 0. The third-order valence-corrected chi connectivity index (χ3v) is 14.6. The van der Waals surface area contributed by atoms with Crippen LogP contribution in [0.3, 0.4) is 0 Å². The van der Waals surface area contributed by atoms with E-state index in [4.69, 9.17) is 0 Å².